The third-order valence-electron chi connectivity index (χ3n) is 3.79. The van der Waals surface area contributed by atoms with Crippen LogP contribution in [-0.2, 0) is 11.0 Å². The SMILES string of the molecule is COc1ccc(/C=C2\SC(=Nc3ccccc3C(F)(F)F)NC2=O)cc1OC. The van der Waals surface area contributed by atoms with Crippen LogP contribution in [0.4, 0.5) is 18.9 Å². The van der Waals surface area contributed by atoms with Gasteiger partial charge in [0.25, 0.3) is 5.91 Å². The molecule has 1 amide bonds. The van der Waals surface area contributed by atoms with E-state index < -0.39 is 17.6 Å². The van der Waals surface area contributed by atoms with Crippen LogP contribution in [0.5, 0.6) is 11.5 Å². The largest absolute Gasteiger partial charge is 0.493 e. The molecule has 0 saturated carbocycles. The number of thioether (sulfide) groups is 1. The molecule has 1 saturated heterocycles. The van der Waals surface area contributed by atoms with Crippen LogP contribution in [0.3, 0.4) is 0 Å². The number of ether oxygens (including phenoxy) is 2. The lowest BCUT2D eigenvalue weighted by molar-refractivity contribution is -0.137. The summed E-state index contributed by atoms with van der Waals surface area (Å²) in [6, 6.07) is 10.0. The first-order chi connectivity index (χ1) is 13.3. The zero-order valence-corrected chi connectivity index (χ0v) is 15.6. The molecule has 2 aromatic carbocycles. The number of benzene rings is 2. The number of amides is 1. The van der Waals surface area contributed by atoms with E-state index in [1.807, 2.05) is 0 Å². The summed E-state index contributed by atoms with van der Waals surface area (Å²) in [5.74, 6) is 0.593. The number of hydrogen-bond donors (Lipinski definition) is 1. The molecule has 0 aromatic heterocycles. The van der Waals surface area contributed by atoms with Crippen molar-refractivity contribution in [2.45, 2.75) is 6.18 Å². The Bertz CT molecular complexity index is 971. The molecule has 1 fully saturated rings. The molecule has 0 atom stereocenters. The highest BCUT2D eigenvalue weighted by atomic mass is 32.2. The second-order valence-corrected chi connectivity index (χ2v) is 6.64. The van der Waals surface area contributed by atoms with Crippen molar-refractivity contribution < 1.29 is 27.4 Å². The number of nitrogens with zero attached hydrogens (tertiary/aromatic N) is 1. The van der Waals surface area contributed by atoms with Crippen LogP contribution >= 0.6 is 11.8 Å². The molecule has 146 valence electrons. The molecular weight excluding hydrogens is 393 g/mol. The Morgan fingerprint density at radius 3 is 2.46 bits per heavy atom. The van der Waals surface area contributed by atoms with Gasteiger partial charge in [0.1, 0.15) is 0 Å². The number of aliphatic imine (C=N–C) groups is 1. The zero-order chi connectivity index (χ0) is 20.3. The van der Waals surface area contributed by atoms with Crippen molar-refractivity contribution in [3.05, 3.63) is 58.5 Å². The van der Waals surface area contributed by atoms with Crippen LogP contribution in [0, 0.1) is 0 Å². The van der Waals surface area contributed by atoms with Gasteiger partial charge in [-0.15, -0.1) is 0 Å². The molecule has 1 aliphatic heterocycles. The first-order valence-corrected chi connectivity index (χ1v) is 8.81. The Hall–Kier alpha value is -2.94. The number of nitrogens with one attached hydrogen (secondary N) is 1. The zero-order valence-electron chi connectivity index (χ0n) is 14.8. The van der Waals surface area contributed by atoms with Crippen LogP contribution in [0.15, 0.2) is 52.4 Å². The molecule has 5 nitrogen and oxygen atoms in total. The van der Waals surface area contributed by atoms with Crippen LogP contribution in [-0.4, -0.2) is 25.3 Å². The maximum absolute atomic E-state index is 13.1. The fourth-order valence-corrected chi connectivity index (χ4v) is 3.33. The molecule has 0 aliphatic carbocycles. The molecule has 0 unspecified atom stereocenters. The number of carbonyl (C=O) groups excluding carboxylic acids is 1. The Kier molecular flexibility index (Phi) is 5.64. The van der Waals surface area contributed by atoms with Crippen molar-refractivity contribution in [1.29, 1.82) is 0 Å². The number of amidine groups is 1. The molecule has 0 radical (unpaired) electrons. The number of hydrogen-bond acceptors (Lipinski definition) is 5. The third-order valence-corrected chi connectivity index (χ3v) is 4.70. The van der Waals surface area contributed by atoms with Gasteiger partial charge in [-0.25, -0.2) is 4.99 Å². The van der Waals surface area contributed by atoms with Gasteiger partial charge in [-0.1, -0.05) is 18.2 Å². The van der Waals surface area contributed by atoms with Gasteiger partial charge in [-0.2, -0.15) is 13.2 Å². The first-order valence-electron chi connectivity index (χ1n) is 7.99. The first kappa shape index (κ1) is 19.8. The van der Waals surface area contributed by atoms with Gasteiger partial charge < -0.3 is 14.8 Å². The average molecular weight is 408 g/mol. The van der Waals surface area contributed by atoms with Gasteiger partial charge in [0.15, 0.2) is 16.7 Å². The highest BCUT2D eigenvalue weighted by Gasteiger charge is 2.34. The van der Waals surface area contributed by atoms with E-state index in [0.717, 1.165) is 17.8 Å². The molecule has 0 spiro atoms. The van der Waals surface area contributed by atoms with Gasteiger partial charge in [0, 0.05) is 0 Å². The molecule has 2 aromatic rings. The molecule has 1 heterocycles. The smallest absolute Gasteiger partial charge is 0.418 e. The molecule has 1 N–H and O–H groups in total. The Balaban J connectivity index is 1.89. The normalized spacial score (nSPS) is 17.1. The van der Waals surface area contributed by atoms with Crippen LogP contribution < -0.4 is 14.8 Å². The summed E-state index contributed by atoms with van der Waals surface area (Å²) in [5, 5.41) is 2.56. The van der Waals surface area contributed by atoms with E-state index >= 15 is 0 Å². The molecule has 3 rings (SSSR count). The fraction of sp³-hybridized carbons (Fsp3) is 0.158. The molecule has 28 heavy (non-hydrogen) atoms. The number of para-hydroxylation sites is 1. The highest BCUT2D eigenvalue weighted by molar-refractivity contribution is 8.18. The summed E-state index contributed by atoms with van der Waals surface area (Å²) in [6.45, 7) is 0. The summed E-state index contributed by atoms with van der Waals surface area (Å²) in [5.41, 5.74) is -0.452. The van der Waals surface area contributed by atoms with Gasteiger partial charge in [-0.3, -0.25) is 4.79 Å². The van der Waals surface area contributed by atoms with Crippen molar-refractivity contribution in [1.82, 2.24) is 5.32 Å². The fourth-order valence-electron chi connectivity index (χ4n) is 2.49. The van der Waals surface area contributed by atoms with Gasteiger partial charge in [0.2, 0.25) is 0 Å². The summed E-state index contributed by atoms with van der Waals surface area (Å²) in [6.07, 6.45) is -2.94. The summed E-state index contributed by atoms with van der Waals surface area (Å²) in [7, 11) is 3.01. The minimum absolute atomic E-state index is 0.0772. The van der Waals surface area contributed by atoms with Crippen molar-refractivity contribution in [3.63, 3.8) is 0 Å². The lowest BCUT2D eigenvalue weighted by Crippen LogP contribution is -2.19. The maximum Gasteiger partial charge on any atom is 0.418 e. The summed E-state index contributed by atoms with van der Waals surface area (Å²) in [4.78, 5) is 16.5. The number of halogens is 3. The number of carbonyl (C=O) groups is 1. The van der Waals surface area contributed by atoms with Crippen molar-refractivity contribution in [2.75, 3.05) is 14.2 Å². The summed E-state index contributed by atoms with van der Waals surface area (Å²) >= 11 is 0.962. The summed E-state index contributed by atoms with van der Waals surface area (Å²) < 4.78 is 49.7. The van der Waals surface area contributed by atoms with E-state index in [9.17, 15) is 18.0 Å². The quantitative estimate of drug-likeness (QED) is 0.751. The molecule has 1 aliphatic rings. The molecule has 0 bridgehead atoms. The number of alkyl halides is 3. The molecule has 9 heteroatoms. The average Bonchev–Trinajstić information content (AvgIpc) is 3.00. The van der Waals surface area contributed by atoms with Gasteiger partial charge >= 0.3 is 6.18 Å². The second kappa shape index (κ2) is 7.97. The second-order valence-electron chi connectivity index (χ2n) is 5.61. The Morgan fingerprint density at radius 2 is 1.79 bits per heavy atom. The van der Waals surface area contributed by atoms with Crippen molar-refractivity contribution >= 4 is 34.6 Å². The van der Waals surface area contributed by atoms with E-state index in [2.05, 4.69) is 10.3 Å². The van der Waals surface area contributed by atoms with E-state index in [1.54, 1.807) is 24.3 Å². The maximum atomic E-state index is 13.1. The van der Waals surface area contributed by atoms with Crippen LogP contribution in [0.25, 0.3) is 6.08 Å². The minimum atomic E-state index is -4.54. The van der Waals surface area contributed by atoms with E-state index in [-0.39, 0.29) is 10.9 Å². The van der Waals surface area contributed by atoms with Crippen molar-refractivity contribution in [3.8, 4) is 11.5 Å². The highest BCUT2D eigenvalue weighted by Crippen LogP contribution is 2.37. The molecular formula is C19H15F3N2O3S. The lowest BCUT2D eigenvalue weighted by Gasteiger charge is -2.09. The van der Waals surface area contributed by atoms with Gasteiger partial charge in [-0.05, 0) is 47.7 Å². The predicted octanol–water partition coefficient (Wildman–Crippen LogP) is 4.61. The predicted molar refractivity (Wildman–Crippen MR) is 102 cm³/mol. The van der Waals surface area contributed by atoms with Gasteiger partial charge in [0.05, 0.1) is 30.4 Å². The third kappa shape index (κ3) is 4.30. The number of methoxy groups -OCH3 is 2. The minimum Gasteiger partial charge on any atom is -0.493 e. The Labute approximate surface area is 163 Å². The number of rotatable bonds is 4. The van der Waals surface area contributed by atoms with Crippen LogP contribution in [0.1, 0.15) is 11.1 Å². The van der Waals surface area contributed by atoms with E-state index in [0.29, 0.717) is 22.0 Å². The van der Waals surface area contributed by atoms with Crippen LogP contribution in [0.2, 0.25) is 0 Å². The monoisotopic (exact) mass is 408 g/mol. The van der Waals surface area contributed by atoms with E-state index in [4.69, 9.17) is 9.47 Å². The lowest BCUT2D eigenvalue weighted by atomic mass is 10.2. The van der Waals surface area contributed by atoms with Crippen molar-refractivity contribution in [2.24, 2.45) is 4.99 Å². The standard InChI is InChI=1S/C19H15F3N2O3S/c1-26-14-8-7-11(9-15(14)27-2)10-16-17(25)24-18(28-16)23-13-6-4-3-5-12(13)19(20,21)22/h3-10H,1-2H3,(H,23,24,25)/b16-10-. The topological polar surface area (TPSA) is 59.9 Å². The Morgan fingerprint density at radius 1 is 1.07 bits per heavy atom. The van der Waals surface area contributed by atoms with E-state index in [1.165, 1.54) is 32.4 Å².